The van der Waals surface area contributed by atoms with Gasteiger partial charge in [-0.1, -0.05) is 0 Å². The first-order valence-corrected chi connectivity index (χ1v) is 4.66. The van der Waals surface area contributed by atoms with Crippen molar-refractivity contribution in [2.75, 3.05) is 33.7 Å². The molecule has 2 nitrogen and oxygen atoms in total. The van der Waals surface area contributed by atoms with Crippen LogP contribution >= 0.6 is 0 Å². The molecule has 0 bridgehead atoms. The fourth-order valence-corrected chi connectivity index (χ4v) is 1.70. The molecular formula is C9H20N2. The summed E-state index contributed by atoms with van der Waals surface area (Å²) in [6.45, 7) is 3.79. The largest absolute Gasteiger partial charge is 0.320 e. The molecule has 0 aliphatic carbocycles. The average Bonchev–Trinajstić information content (AvgIpc) is 2.04. The third-order valence-corrected chi connectivity index (χ3v) is 2.64. The van der Waals surface area contributed by atoms with E-state index in [4.69, 9.17) is 0 Å². The van der Waals surface area contributed by atoms with E-state index in [0.717, 1.165) is 5.92 Å². The Labute approximate surface area is 70.0 Å². The van der Waals surface area contributed by atoms with Crippen LogP contribution in [0.15, 0.2) is 0 Å². The molecule has 1 saturated heterocycles. The number of nitrogens with one attached hydrogen (secondary N) is 1. The number of hydrogen-bond acceptors (Lipinski definition) is 2. The van der Waals surface area contributed by atoms with Crippen molar-refractivity contribution in [2.45, 2.75) is 19.3 Å². The number of likely N-dealkylation sites (tertiary alicyclic amines) is 1. The minimum atomic E-state index is 0.985. The normalized spacial score (nSPS) is 22.4. The second kappa shape index (κ2) is 4.73. The average molecular weight is 156 g/mol. The molecule has 2 heteroatoms. The summed E-state index contributed by atoms with van der Waals surface area (Å²) < 4.78 is 0. The van der Waals surface area contributed by atoms with Crippen LogP contribution < -0.4 is 5.32 Å². The van der Waals surface area contributed by atoms with E-state index in [1.165, 1.54) is 38.9 Å². The molecule has 11 heavy (non-hydrogen) atoms. The van der Waals surface area contributed by atoms with Gasteiger partial charge in [0.05, 0.1) is 0 Å². The molecule has 0 saturated carbocycles. The molecule has 1 rings (SSSR count). The van der Waals surface area contributed by atoms with Gasteiger partial charge in [-0.2, -0.15) is 0 Å². The summed E-state index contributed by atoms with van der Waals surface area (Å²) in [5.41, 5.74) is 0. The van der Waals surface area contributed by atoms with Crippen molar-refractivity contribution < 1.29 is 0 Å². The van der Waals surface area contributed by atoms with Crippen molar-refractivity contribution in [3.05, 3.63) is 0 Å². The monoisotopic (exact) mass is 156 g/mol. The molecule has 1 aliphatic heterocycles. The number of rotatable bonds is 3. The smallest absolute Gasteiger partial charge is 0.00191 e. The summed E-state index contributed by atoms with van der Waals surface area (Å²) in [5.74, 6) is 0.985. The highest BCUT2D eigenvalue weighted by Crippen LogP contribution is 2.18. The van der Waals surface area contributed by atoms with Gasteiger partial charge in [-0.3, -0.25) is 0 Å². The van der Waals surface area contributed by atoms with Gasteiger partial charge in [0, 0.05) is 0 Å². The van der Waals surface area contributed by atoms with E-state index in [9.17, 15) is 0 Å². The third kappa shape index (κ3) is 3.21. The second-order valence-corrected chi connectivity index (χ2v) is 3.64. The van der Waals surface area contributed by atoms with Gasteiger partial charge in [0.25, 0.3) is 0 Å². The van der Waals surface area contributed by atoms with Gasteiger partial charge in [-0.25, -0.2) is 0 Å². The lowest BCUT2D eigenvalue weighted by Gasteiger charge is -2.28. The van der Waals surface area contributed by atoms with Gasteiger partial charge < -0.3 is 10.2 Å². The Hall–Kier alpha value is -0.0800. The van der Waals surface area contributed by atoms with Gasteiger partial charge in [-0.15, -0.1) is 0 Å². The first kappa shape index (κ1) is 9.01. The van der Waals surface area contributed by atoms with Crippen LogP contribution in [0.5, 0.6) is 0 Å². The third-order valence-electron chi connectivity index (χ3n) is 2.64. The standard InChI is InChI=1S/C9H20N2/c1-10-6-3-9-4-7-11(2)8-5-9/h9-10H,3-8H2,1-2H3. The Kier molecular flexibility index (Phi) is 3.87. The molecule has 1 aliphatic rings. The molecule has 0 radical (unpaired) electrons. The molecule has 0 aromatic heterocycles. The number of piperidine rings is 1. The Bertz CT molecular complexity index is 93.0. The van der Waals surface area contributed by atoms with Crippen molar-refractivity contribution in [1.82, 2.24) is 10.2 Å². The molecule has 0 atom stereocenters. The molecule has 0 unspecified atom stereocenters. The first-order valence-electron chi connectivity index (χ1n) is 4.66. The molecule has 1 heterocycles. The van der Waals surface area contributed by atoms with Crippen LogP contribution in [0.1, 0.15) is 19.3 Å². The molecule has 0 amide bonds. The van der Waals surface area contributed by atoms with Crippen molar-refractivity contribution in [2.24, 2.45) is 5.92 Å². The second-order valence-electron chi connectivity index (χ2n) is 3.64. The summed E-state index contributed by atoms with van der Waals surface area (Å²) in [4.78, 5) is 2.43. The van der Waals surface area contributed by atoms with Crippen LogP contribution in [0.25, 0.3) is 0 Å². The zero-order chi connectivity index (χ0) is 8.10. The summed E-state index contributed by atoms with van der Waals surface area (Å²) in [6, 6.07) is 0. The molecule has 0 aromatic carbocycles. The first-order chi connectivity index (χ1) is 5.33. The molecule has 1 fully saturated rings. The van der Waals surface area contributed by atoms with Gasteiger partial charge in [0.15, 0.2) is 0 Å². The van der Waals surface area contributed by atoms with E-state index in [-0.39, 0.29) is 0 Å². The Morgan fingerprint density at radius 2 is 2.00 bits per heavy atom. The molecular weight excluding hydrogens is 136 g/mol. The maximum Gasteiger partial charge on any atom is -0.00191 e. The summed E-state index contributed by atoms with van der Waals surface area (Å²) in [5, 5.41) is 3.21. The quantitative estimate of drug-likeness (QED) is 0.654. The minimum absolute atomic E-state index is 0.985. The maximum atomic E-state index is 3.21. The van der Waals surface area contributed by atoms with Gasteiger partial charge >= 0.3 is 0 Å². The Morgan fingerprint density at radius 1 is 1.36 bits per heavy atom. The lowest BCUT2D eigenvalue weighted by molar-refractivity contribution is 0.212. The van der Waals surface area contributed by atoms with E-state index < -0.39 is 0 Å². The predicted molar refractivity (Wildman–Crippen MR) is 48.8 cm³/mol. The van der Waals surface area contributed by atoms with Crippen LogP contribution in [0.4, 0.5) is 0 Å². The van der Waals surface area contributed by atoms with Crippen LogP contribution in [0.2, 0.25) is 0 Å². The number of hydrogen-bond donors (Lipinski definition) is 1. The fourth-order valence-electron chi connectivity index (χ4n) is 1.70. The molecule has 0 aromatic rings. The van der Waals surface area contributed by atoms with Crippen molar-refractivity contribution in [3.63, 3.8) is 0 Å². The predicted octanol–water partition coefficient (Wildman–Crippen LogP) is 0.938. The minimum Gasteiger partial charge on any atom is -0.320 e. The Balaban J connectivity index is 2.07. The zero-order valence-electron chi connectivity index (χ0n) is 7.77. The van der Waals surface area contributed by atoms with E-state index in [1.54, 1.807) is 0 Å². The van der Waals surface area contributed by atoms with Gasteiger partial charge in [-0.05, 0) is 58.9 Å². The van der Waals surface area contributed by atoms with Crippen LogP contribution in [-0.2, 0) is 0 Å². The highest BCUT2D eigenvalue weighted by Gasteiger charge is 2.15. The lowest BCUT2D eigenvalue weighted by atomic mass is 9.94. The zero-order valence-corrected chi connectivity index (χ0v) is 7.77. The van der Waals surface area contributed by atoms with E-state index >= 15 is 0 Å². The number of nitrogens with zero attached hydrogens (tertiary/aromatic N) is 1. The fraction of sp³-hybridized carbons (Fsp3) is 1.00. The molecule has 1 N–H and O–H groups in total. The summed E-state index contributed by atoms with van der Waals surface area (Å²) >= 11 is 0. The summed E-state index contributed by atoms with van der Waals surface area (Å²) in [6.07, 6.45) is 4.17. The molecule has 66 valence electrons. The van der Waals surface area contributed by atoms with E-state index in [1.807, 2.05) is 7.05 Å². The van der Waals surface area contributed by atoms with E-state index in [0.29, 0.717) is 0 Å². The Morgan fingerprint density at radius 3 is 2.55 bits per heavy atom. The van der Waals surface area contributed by atoms with Gasteiger partial charge in [0.1, 0.15) is 0 Å². The lowest BCUT2D eigenvalue weighted by Crippen LogP contribution is -2.31. The summed E-state index contributed by atoms with van der Waals surface area (Å²) in [7, 11) is 4.25. The topological polar surface area (TPSA) is 15.3 Å². The highest BCUT2D eigenvalue weighted by atomic mass is 15.1. The van der Waals surface area contributed by atoms with Crippen molar-refractivity contribution in [1.29, 1.82) is 0 Å². The van der Waals surface area contributed by atoms with E-state index in [2.05, 4.69) is 17.3 Å². The van der Waals surface area contributed by atoms with Gasteiger partial charge in [0.2, 0.25) is 0 Å². The molecule has 0 spiro atoms. The highest BCUT2D eigenvalue weighted by molar-refractivity contribution is 4.70. The van der Waals surface area contributed by atoms with Crippen molar-refractivity contribution in [3.8, 4) is 0 Å². The van der Waals surface area contributed by atoms with Crippen molar-refractivity contribution >= 4 is 0 Å². The SMILES string of the molecule is CNCCC1CCN(C)CC1. The maximum absolute atomic E-state index is 3.21. The van der Waals surface area contributed by atoms with Crippen LogP contribution in [0, 0.1) is 5.92 Å². The van der Waals surface area contributed by atoms with Crippen LogP contribution in [0.3, 0.4) is 0 Å². The van der Waals surface area contributed by atoms with Crippen LogP contribution in [-0.4, -0.2) is 38.6 Å².